The summed E-state index contributed by atoms with van der Waals surface area (Å²) >= 11 is 3.00. The zero-order chi connectivity index (χ0) is 8.43. The molecule has 1 N–H and O–H groups in total. The van der Waals surface area contributed by atoms with Crippen molar-refractivity contribution < 1.29 is 14.3 Å². The van der Waals surface area contributed by atoms with E-state index in [1.807, 2.05) is 0 Å². The van der Waals surface area contributed by atoms with Gasteiger partial charge in [0.15, 0.2) is 0 Å². The Balaban J connectivity index is 2.85. The van der Waals surface area contributed by atoms with Crippen molar-refractivity contribution in [3.05, 3.63) is 16.3 Å². The highest BCUT2D eigenvalue weighted by Crippen LogP contribution is 2.15. The molecule has 11 heavy (non-hydrogen) atoms. The summed E-state index contributed by atoms with van der Waals surface area (Å²) < 4.78 is 4.95. The maximum atomic E-state index is 10.2. The number of rotatable bonds is 2. The van der Waals surface area contributed by atoms with Crippen LogP contribution in [0, 0.1) is 6.92 Å². The molecule has 0 bridgehead atoms. The van der Waals surface area contributed by atoms with Crippen molar-refractivity contribution in [1.82, 2.24) is 4.98 Å². The number of hydrogen-bond acceptors (Lipinski definition) is 3. The van der Waals surface area contributed by atoms with Crippen LogP contribution in [0.25, 0.3) is 0 Å². The lowest BCUT2D eigenvalue weighted by molar-refractivity contribution is -0.136. The summed E-state index contributed by atoms with van der Waals surface area (Å²) in [5.74, 6) is -0.527. The van der Waals surface area contributed by atoms with Crippen LogP contribution in [0.15, 0.2) is 9.22 Å². The molecule has 1 rings (SSSR count). The van der Waals surface area contributed by atoms with Crippen LogP contribution in [0.1, 0.15) is 11.5 Å². The number of nitrogens with zero attached hydrogens (tertiary/aromatic N) is 1. The number of aryl methyl sites for hydroxylation is 1. The Morgan fingerprint density at radius 1 is 1.82 bits per heavy atom. The Bertz CT molecular complexity index is 281. The second-order valence-electron chi connectivity index (χ2n) is 2.05. The lowest BCUT2D eigenvalue weighted by Gasteiger charge is -1.88. The summed E-state index contributed by atoms with van der Waals surface area (Å²) in [6.45, 7) is 1.70. The Kier molecular flexibility index (Phi) is 2.28. The van der Waals surface area contributed by atoms with Gasteiger partial charge in [-0.1, -0.05) is 0 Å². The molecule has 5 heteroatoms. The molecule has 1 heterocycles. The van der Waals surface area contributed by atoms with Crippen molar-refractivity contribution in [3.8, 4) is 0 Å². The summed E-state index contributed by atoms with van der Waals surface area (Å²) in [6.07, 6.45) is -0.121. The summed E-state index contributed by atoms with van der Waals surface area (Å²) in [5, 5.41) is 8.40. The molecule has 0 saturated carbocycles. The Hall–Kier alpha value is -0.840. The first-order valence-electron chi connectivity index (χ1n) is 2.93. The molecule has 0 radical (unpaired) electrons. The van der Waals surface area contributed by atoms with Gasteiger partial charge in [0.1, 0.15) is 12.2 Å². The van der Waals surface area contributed by atoms with Crippen molar-refractivity contribution in [3.63, 3.8) is 0 Å². The molecule has 0 atom stereocenters. The van der Waals surface area contributed by atoms with Gasteiger partial charge in [0, 0.05) is 15.9 Å². The minimum atomic E-state index is -0.920. The molecule has 0 unspecified atom stereocenters. The second kappa shape index (κ2) is 3.04. The van der Waals surface area contributed by atoms with E-state index in [1.54, 1.807) is 6.92 Å². The van der Waals surface area contributed by atoms with Crippen LogP contribution in [0.4, 0.5) is 0 Å². The molecule has 1 aromatic rings. The highest BCUT2D eigenvalue weighted by Gasteiger charge is 2.10. The highest BCUT2D eigenvalue weighted by atomic mass is 79.9. The molecular weight excluding hydrogens is 214 g/mol. The van der Waals surface area contributed by atoms with Gasteiger partial charge in [0.25, 0.3) is 4.80 Å². The SMILES string of the molecule is Cc1nc(Br)oc1CC(=O)O. The van der Waals surface area contributed by atoms with Gasteiger partial charge in [-0.15, -0.1) is 0 Å². The minimum Gasteiger partial charge on any atom is -0.481 e. The Morgan fingerprint density at radius 3 is 2.82 bits per heavy atom. The molecule has 0 amide bonds. The minimum absolute atomic E-state index is 0.121. The predicted octanol–water partition coefficient (Wildman–Crippen LogP) is 1.37. The van der Waals surface area contributed by atoms with E-state index in [0.717, 1.165) is 0 Å². The summed E-state index contributed by atoms with van der Waals surface area (Å²) in [7, 11) is 0. The normalized spacial score (nSPS) is 10.0. The average molecular weight is 220 g/mol. The molecule has 0 aliphatic heterocycles. The monoisotopic (exact) mass is 219 g/mol. The topological polar surface area (TPSA) is 63.3 Å². The Morgan fingerprint density at radius 2 is 2.45 bits per heavy atom. The van der Waals surface area contributed by atoms with E-state index >= 15 is 0 Å². The summed E-state index contributed by atoms with van der Waals surface area (Å²) in [6, 6.07) is 0. The van der Waals surface area contributed by atoms with E-state index < -0.39 is 5.97 Å². The molecule has 0 aliphatic rings. The lowest BCUT2D eigenvalue weighted by Crippen LogP contribution is -1.99. The molecule has 60 valence electrons. The van der Waals surface area contributed by atoms with Crippen molar-refractivity contribution in [2.45, 2.75) is 13.3 Å². The van der Waals surface area contributed by atoms with Crippen LogP contribution in [0.3, 0.4) is 0 Å². The van der Waals surface area contributed by atoms with Crippen LogP contribution < -0.4 is 0 Å². The van der Waals surface area contributed by atoms with Crippen molar-refractivity contribution in [2.24, 2.45) is 0 Å². The molecule has 0 fully saturated rings. The summed E-state index contributed by atoms with van der Waals surface area (Å²) in [5.41, 5.74) is 0.610. The number of halogens is 1. The van der Waals surface area contributed by atoms with E-state index in [4.69, 9.17) is 9.52 Å². The predicted molar refractivity (Wildman–Crippen MR) is 40.3 cm³/mol. The summed E-state index contributed by atoms with van der Waals surface area (Å²) in [4.78, 5) is 14.4. The van der Waals surface area contributed by atoms with Gasteiger partial charge in [0.2, 0.25) is 0 Å². The third kappa shape index (κ3) is 2.04. The van der Waals surface area contributed by atoms with E-state index in [-0.39, 0.29) is 6.42 Å². The quantitative estimate of drug-likeness (QED) is 0.817. The van der Waals surface area contributed by atoms with Crippen molar-refractivity contribution in [2.75, 3.05) is 0 Å². The van der Waals surface area contributed by atoms with Gasteiger partial charge in [-0.3, -0.25) is 4.79 Å². The molecule has 0 aromatic carbocycles. The Labute approximate surface area is 71.4 Å². The van der Waals surface area contributed by atoms with E-state index in [1.165, 1.54) is 0 Å². The van der Waals surface area contributed by atoms with Crippen molar-refractivity contribution >= 4 is 21.9 Å². The standard InChI is InChI=1S/C6H6BrNO3/c1-3-4(2-5(9)10)11-6(7)8-3/h2H2,1H3,(H,9,10). The zero-order valence-corrected chi connectivity index (χ0v) is 7.38. The number of oxazole rings is 1. The first-order valence-corrected chi connectivity index (χ1v) is 3.72. The van der Waals surface area contributed by atoms with Crippen LogP contribution in [-0.2, 0) is 11.2 Å². The average Bonchev–Trinajstić information content (AvgIpc) is 2.09. The number of aromatic nitrogens is 1. The number of carbonyl (C=O) groups is 1. The highest BCUT2D eigenvalue weighted by molar-refractivity contribution is 9.10. The van der Waals surface area contributed by atoms with E-state index in [0.29, 0.717) is 16.3 Å². The van der Waals surface area contributed by atoms with Crippen LogP contribution in [0.2, 0.25) is 0 Å². The van der Waals surface area contributed by atoms with Crippen LogP contribution in [0.5, 0.6) is 0 Å². The first-order chi connectivity index (χ1) is 5.09. The van der Waals surface area contributed by atoms with Gasteiger partial charge in [-0.2, -0.15) is 0 Å². The van der Waals surface area contributed by atoms with E-state index in [2.05, 4.69) is 20.9 Å². The maximum absolute atomic E-state index is 10.2. The van der Waals surface area contributed by atoms with Crippen LogP contribution >= 0.6 is 15.9 Å². The van der Waals surface area contributed by atoms with Gasteiger partial charge >= 0.3 is 5.97 Å². The lowest BCUT2D eigenvalue weighted by atomic mass is 10.3. The van der Waals surface area contributed by atoms with Gasteiger partial charge in [-0.05, 0) is 6.92 Å². The largest absolute Gasteiger partial charge is 0.481 e. The number of carboxylic acid groups (broad SMARTS) is 1. The molecule has 0 spiro atoms. The second-order valence-corrected chi connectivity index (χ2v) is 2.72. The maximum Gasteiger partial charge on any atom is 0.311 e. The molecule has 1 aromatic heterocycles. The fraction of sp³-hybridized carbons (Fsp3) is 0.333. The van der Waals surface area contributed by atoms with Gasteiger partial charge in [0.05, 0.1) is 5.69 Å². The smallest absolute Gasteiger partial charge is 0.311 e. The third-order valence-corrected chi connectivity index (χ3v) is 1.52. The van der Waals surface area contributed by atoms with Gasteiger partial charge < -0.3 is 9.52 Å². The van der Waals surface area contributed by atoms with Crippen molar-refractivity contribution in [1.29, 1.82) is 0 Å². The molecule has 0 aliphatic carbocycles. The zero-order valence-electron chi connectivity index (χ0n) is 5.80. The fourth-order valence-electron chi connectivity index (χ4n) is 0.694. The van der Waals surface area contributed by atoms with Gasteiger partial charge in [-0.25, -0.2) is 4.98 Å². The first kappa shape index (κ1) is 8.26. The fourth-order valence-corrected chi connectivity index (χ4v) is 1.16. The van der Waals surface area contributed by atoms with E-state index in [9.17, 15) is 4.79 Å². The number of carboxylic acids is 1. The molecular formula is C6H6BrNO3. The van der Waals surface area contributed by atoms with Crippen LogP contribution in [-0.4, -0.2) is 16.1 Å². The molecule has 4 nitrogen and oxygen atoms in total. The number of hydrogen-bond donors (Lipinski definition) is 1. The number of aliphatic carboxylic acids is 1. The third-order valence-electron chi connectivity index (χ3n) is 1.18. The molecule has 0 saturated heterocycles.